The average Bonchev–Trinajstić information content (AvgIpc) is 3.10. The first-order valence-electron chi connectivity index (χ1n) is 7.21. The summed E-state index contributed by atoms with van der Waals surface area (Å²) >= 11 is 1.54. The topological polar surface area (TPSA) is 39.2 Å². The SMILES string of the molecule is COc1ccc([C@@H](c2ccccc2)[S@@](=O)Cc2cncs2)cc1. The first-order chi connectivity index (χ1) is 11.3. The van der Waals surface area contributed by atoms with Crippen molar-refractivity contribution in [2.75, 3.05) is 7.11 Å². The van der Waals surface area contributed by atoms with Crippen molar-refractivity contribution in [2.45, 2.75) is 11.0 Å². The number of thiazole rings is 1. The molecule has 0 saturated carbocycles. The van der Waals surface area contributed by atoms with Gasteiger partial charge in [0, 0.05) is 21.9 Å². The second-order valence-electron chi connectivity index (χ2n) is 5.06. The van der Waals surface area contributed by atoms with Crippen LogP contribution in [0.25, 0.3) is 0 Å². The molecule has 3 rings (SSSR count). The molecule has 0 amide bonds. The molecule has 0 unspecified atom stereocenters. The van der Waals surface area contributed by atoms with E-state index in [1.165, 1.54) is 0 Å². The van der Waals surface area contributed by atoms with E-state index in [1.54, 1.807) is 30.2 Å². The summed E-state index contributed by atoms with van der Waals surface area (Å²) in [5.74, 6) is 1.31. The summed E-state index contributed by atoms with van der Waals surface area (Å²) in [5, 5.41) is -0.163. The van der Waals surface area contributed by atoms with E-state index in [2.05, 4.69) is 4.98 Å². The van der Waals surface area contributed by atoms with E-state index in [4.69, 9.17) is 4.74 Å². The minimum Gasteiger partial charge on any atom is -0.497 e. The minimum absolute atomic E-state index is 0.163. The van der Waals surface area contributed by atoms with Crippen molar-refractivity contribution in [3.63, 3.8) is 0 Å². The van der Waals surface area contributed by atoms with Crippen LogP contribution in [0.1, 0.15) is 21.3 Å². The molecule has 1 aromatic heterocycles. The zero-order valence-corrected chi connectivity index (χ0v) is 14.3. The summed E-state index contributed by atoms with van der Waals surface area (Å²) < 4.78 is 18.2. The molecule has 0 N–H and O–H groups in total. The highest BCUT2D eigenvalue weighted by Crippen LogP contribution is 2.31. The van der Waals surface area contributed by atoms with Crippen molar-refractivity contribution in [2.24, 2.45) is 0 Å². The summed E-state index contributed by atoms with van der Waals surface area (Å²) in [6, 6.07) is 17.8. The van der Waals surface area contributed by atoms with Crippen LogP contribution in [0.3, 0.4) is 0 Å². The fourth-order valence-corrected chi connectivity index (χ4v) is 4.88. The highest BCUT2D eigenvalue weighted by atomic mass is 32.2. The molecule has 2 aromatic carbocycles. The lowest BCUT2D eigenvalue weighted by molar-refractivity contribution is 0.414. The van der Waals surface area contributed by atoms with Crippen LogP contribution in [-0.4, -0.2) is 16.3 Å². The monoisotopic (exact) mass is 343 g/mol. The molecule has 0 saturated heterocycles. The average molecular weight is 343 g/mol. The number of nitrogens with zero attached hydrogens (tertiary/aromatic N) is 1. The van der Waals surface area contributed by atoms with Gasteiger partial charge >= 0.3 is 0 Å². The first-order valence-corrected chi connectivity index (χ1v) is 9.47. The Hall–Kier alpha value is -1.98. The van der Waals surface area contributed by atoms with Crippen LogP contribution < -0.4 is 4.74 Å². The van der Waals surface area contributed by atoms with Crippen LogP contribution in [0.5, 0.6) is 5.75 Å². The van der Waals surface area contributed by atoms with Gasteiger partial charge in [0.1, 0.15) is 5.75 Å². The highest BCUT2D eigenvalue weighted by molar-refractivity contribution is 7.84. The van der Waals surface area contributed by atoms with Gasteiger partial charge in [-0.3, -0.25) is 9.19 Å². The standard InChI is InChI=1S/C18H17NO2S2/c1-21-16-9-7-15(8-10-16)18(14-5-3-2-4-6-14)23(20)12-17-11-19-13-22-17/h2-11,13,18H,12H2,1H3/t18-,23+/m1/s1. The third-order valence-corrected chi connectivity index (χ3v) is 6.18. The molecule has 0 spiro atoms. The lowest BCUT2D eigenvalue weighted by atomic mass is 10.0. The Labute approximate surface area is 142 Å². The maximum atomic E-state index is 13.0. The molecular formula is C18H17NO2S2. The van der Waals surface area contributed by atoms with Gasteiger partial charge in [-0.05, 0) is 23.3 Å². The summed E-state index contributed by atoms with van der Waals surface area (Å²) in [5.41, 5.74) is 3.86. The van der Waals surface area contributed by atoms with Crippen LogP contribution in [0.15, 0.2) is 66.3 Å². The second kappa shape index (κ2) is 7.53. The zero-order valence-electron chi connectivity index (χ0n) is 12.7. The summed E-state index contributed by atoms with van der Waals surface area (Å²) in [7, 11) is 0.576. The maximum Gasteiger partial charge on any atom is 0.118 e. The third kappa shape index (κ3) is 3.86. The quantitative estimate of drug-likeness (QED) is 0.674. The van der Waals surface area contributed by atoms with Crippen molar-refractivity contribution in [3.05, 3.63) is 82.3 Å². The van der Waals surface area contributed by atoms with Crippen LogP contribution >= 0.6 is 11.3 Å². The summed E-state index contributed by atoms with van der Waals surface area (Å²) in [6.07, 6.45) is 1.79. The number of ether oxygens (including phenoxy) is 1. The van der Waals surface area contributed by atoms with E-state index in [1.807, 2.05) is 54.6 Å². The van der Waals surface area contributed by atoms with Gasteiger partial charge < -0.3 is 4.74 Å². The molecule has 0 bridgehead atoms. The first kappa shape index (κ1) is 15.9. The van der Waals surface area contributed by atoms with Gasteiger partial charge in [-0.1, -0.05) is 42.5 Å². The van der Waals surface area contributed by atoms with E-state index in [0.29, 0.717) is 5.75 Å². The summed E-state index contributed by atoms with van der Waals surface area (Å²) in [4.78, 5) is 5.11. The van der Waals surface area contributed by atoms with Crippen LogP contribution in [-0.2, 0) is 16.6 Å². The van der Waals surface area contributed by atoms with Gasteiger partial charge in [-0.25, -0.2) is 0 Å². The highest BCUT2D eigenvalue weighted by Gasteiger charge is 2.22. The van der Waals surface area contributed by atoms with Crippen molar-refractivity contribution >= 4 is 22.1 Å². The normalized spacial score (nSPS) is 13.4. The number of methoxy groups -OCH3 is 1. The number of hydrogen-bond donors (Lipinski definition) is 0. The third-order valence-electron chi connectivity index (χ3n) is 3.55. The van der Waals surface area contributed by atoms with Crippen LogP contribution in [0.2, 0.25) is 0 Å². The van der Waals surface area contributed by atoms with Crippen molar-refractivity contribution in [1.82, 2.24) is 4.98 Å². The predicted molar refractivity (Wildman–Crippen MR) is 95.2 cm³/mol. The van der Waals surface area contributed by atoms with Crippen LogP contribution in [0.4, 0.5) is 0 Å². The molecule has 0 aliphatic carbocycles. The molecule has 0 fully saturated rings. The maximum absolute atomic E-state index is 13.0. The molecule has 118 valence electrons. The molecule has 3 aromatic rings. The molecule has 1 heterocycles. The zero-order chi connectivity index (χ0) is 16.1. The van der Waals surface area contributed by atoms with Gasteiger partial charge in [0.25, 0.3) is 0 Å². The lowest BCUT2D eigenvalue weighted by Crippen LogP contribution is -2.10. The van der Waals surface area contributed by atoms with E-state index >= 15 is 0 Å². The Bertz CT molecular complexity index is 755. The molecule has 0 aliphatic heterocycles. The van der Waals surface area contributed by atoms with E-state index < -0.39 is 10.8 Å². The molecule has 0 radical (unpaired) electrons. The molecule has 2 atom stereocenters. The fraction of sp³-hybridized carbons (Fsp3) is 0.167. The Morgan fingerprint density at radius 3 is 2.39 bits per heavy atom. The molecular weight excluding hydrogens is 326 g/mol. The van der Waals surface area contributed by atoms with Gasteiger partial charge in [0.05, 0.1) is 23.6 Å². The van der Waals surface area contributed by atoms with Gasteiger partial charge in [-0.2, -0.15) is 0 Å². The van der Waals surface area contributed by atoms with Crippen LogP contribution in [0, 0.1) is 0 Å². The number of rotatable bonds is 6. The molecule has 0 aliphatic rings. The summed E-state index contributed by atoms with van der Waals surface area (Å²) in [6.45, 7) is 0. The lowest BCUT2D eigenvalue weighted by Gasteiger charge is -2.17. The Kier molecular flexibility index (Phi) is 5.20. The predicted octanol–water partition coefficient (Wildman–Crippen LogP) is 4.19. The second-order valence-corrected chi connectivity index (χ2v) is 7.55. The molecule has 23 heavy (non-hydrogen) atoms. The van der Waals surface area contributed by atoms with Crippen molar-refractivity contribution < 1.29 is 8.95 Å². The number of aromatic nitrogens is 1. The molecule has 3 nitrogen and oxygen atoms in total. The Morgan fingerprint density at radius 1 is 1.09 bits per heavy atom. The van der Waals surface area contributed by atoms with Gasteiger partial charge in [-0.15, -0.1) is 11.3 Å². The smallest absolute Gasteiger partial charge is 0.118 e. The number of benzene rings is 2. The van der Waals surface area contributed by atoms with Crippen molar-refractivity contribution in [3.8, 4) is 5.75 Å². The Morgan fingerprint density at radius 2 is 1.78 bits per heavy atom. The molecule has 5 heteroatoms. The number of hydrogen-bond acceptors (Lipinski definition) is 4. The minimum atomic E-state index is -1.07. The Balaban J connectivity index is 1.94. The fourth-order valence-electron chi connectivity index (χ4n) is 2.44. The van der Waals surface area contributed by atoms with E-state index in [9.17, 15) is 4.21 Å². The largest absolute Gasteiger partial charge is 0.497 e. The van der Waals surface area contributed by atoms with E-state index in [-0.39, 0.29) is 5.25 Å². The van der Waals surface area contributed by atoms with Gasteiger partial charge in [0.2, 0.25) is 0 Å². The van der Waals surface area contributed by atoms with Gasteiger partial charge in [0.15, 0.2) is 0 Å². The van der Waals surface area contributed by atoms with E-state index in [0.717, 1.165) is 21.8 Å². The van der Waals surface area contributed by atoms with Crippen molar-refractivity contribution in [1.29, 1.82) is 0 Å².